The van der Waals surface area contributed by atoms with Gasteiger partial charge in [-0.2, -0.15) is 0 Å². The zero-order chi connectivity index (χ0) is 33.6. The van der Waals surface area contributed by atoms with Crippen LogP contribution in [0.3, 0.4) is 0 Å². The van der Waals surface area contributed by atoms with Gasteiger partial charge in [0.1, 0.15) is 11.4 Å². The number of fused-ring (bicyclic) bond motifs is 5. The van der Waals surface area contributed by atoms with Gasteiger partial charge in [-0.05, 0) is 131 Å². The molecule has 0 bridgehead atoms. The van der Waals surface area contributed by atoms with Crippen molar-refractivity contribution in [2.75, 3.05) is 33.9 Å². The lowest BCUT2D eigenvalue weighted by molar-refractivity contribution is -0.125. The topological polar surface area (TPSA) is 83.4 Å². The normalized spacial score (nSPS) is 40.8. The number of benzene rings is 1. The van der Waals surface area contributed by atoms with E-state index in [1.807, 2.05) is 12.1 Å². The van der Waals surface area contributed by atoms with Crippen LogP contribution in [-0.2, 0) is 15.0 Å². The van der Waals surface area contributed by atoms with Crippen LogP contribution in [0.4, 0.5) is 0 Å². The zero-order valence-corrected chi connectivity index (χ0v) is 29.6. The fourth-order valence-electron chi connectivity index (χ4n) is 11.0. The summed E-state index contributed by atoms with van der Waals surface area (Å²) in [4.78, 5) is 21.0. The number of terminal acetylenes is 1. The van der Waals surface area contributed by atoms with Gasteiger partial charge < -0.3 is 24.9 Å². The summed E-state index contributed by atoms with van der Waals surface area (Å²) in [7, 11) is 3.90. The van der Waals surface area contributed by atoms with Gasteiger partial charge in [-0.3, -0.25) is 4.79 Å². The maximum absolute atomic E-state index is 12.9. The van der Waals surface area contributed by atoms with Crippen molar-refractivity contribution in [3.63, 3.8) is 0 Å². The third-order valence-electron chi connectivity index (χ3n) is 14.2. The molecule has 0 aromatic heterocycles. The number of amides is 1. The monoisotopic (exact) mass is 643 g/mol. The molecular formula is C40H57N3O4. The highest BCUT2D eigenvalue weighted by Gasteiger charge is 2.63. The van der Waals surface area contributed by atoms with Gasteiger partial charge in [-0.25, -0.2) is 0 Å². The first kappa shape index (κ1) is 34.1. The number of oxime groups is 1. The van der Waals surface area contributed by atoms with Crippen LogP contribution in [-0.4, -0.2) is 67.1 Å². The number of hydrogen-bond donors (Lipinski definition) is 2. The summed E-state index contributed by atoms with van der Waals surface area (Å²) in [6.45, 7) is 10.9. The minimum atomic E-state index is -0.961. The lowest BCUT2D eigenvalue weighted by Crippen LogP contribution is -2.54. The maximum atomic E-state index is 12.9. The number of ether oxygens (including phenoxy) is 1. The molecule has 1 aromatic rings. The van der Waals surface area contributed by atoms with Gasteiger partial charge in [0.25, 0.3) is 5.91 Å². The van der Waals surface area contributed by atoms with E-state index in [1.54, 1.807) is 7.11 Å². The molecule has 2 N–H and O–H groups in total. The molecular weight excluding hydrogens is 586 g/mol. The molecule has 0 unspecified atom stereocenters. The van der Waals surface area contributed by atoms with E-state index in [1.165, 1.54) is 11.1 Å². The average Bonchev–Trinajstić information content (AvgIpc) is 3.34. The second kappa shape index (κ2) is 12.9. The van der Waals surface area contributed by atoms with E-state index in [0.29, 0.717) is 36.3 Å². The van der Waals surface area contributed by atoms with Crippen LogP contribution in [0.5, 0.6) is 5.75 Å². The number of piperidine rings is 1. The number of nitrogens with one attached hydrogen (secondary N) is 1. The van der Waals surface area contributed by atoms with Crippen LogP contribution in [0.15, 0.2) is 41.1 Å². The predicted octanol–water partition coefficient (Wildman–Crippen LogP) is 6.50. The molecule has 5 aliphatic rings. The molecule has 0 radical (unpaired) electrons. The molecule has 7 heteroatoms. The number of hydrogen-bond acceptors (Lipinski definition) is 6. The van der Waals surface area contributed by atoms with Crippen molar-refractivity contribution in [2.24, 2.45) is 39.7 Å². The highest BCUT2D eigenvalue weighted by Crippen LogP contribution is 2.67. The number of nitrogens with zero attached hydrogens (tertiary/aromatic N) is 2. The Morgan fingerprint density at radius 2 is 1.85 bits per heavy atom. The number of carbonyl (C=O) groups is 1. The Labute approximate surface area is 282 Å². The van der Waals surface area contributed by atoms with Gasteiger partial charge in [-0.15, -0.1) is 6.42 Å². The summed E-state index contributed by atoms with van der Waals surface area (Å²) >= 11 is 0. The van der Waals surface area contributed by atoms with Crippen LogP contribution in [0.2, 0.25) is 0 Å². The van der Waals surface area contributed by atoms with Crippen molar-refractivity contribution >= 4 is 11.6 Å². The lowest BCUT2D eigenvalue weighted by atomic mass is 9.46. The molecule has 1 saturated heterocycles. The van der Waals surface area contributed by atoms with E-state index >= 15 is 0 Å². The van der Waals surface area contributed by atoms with Crippen LogP contribution in [0, 0.1) is 46.8 Å². The van der Waals surface area contributed by atoms with Crippen molar-refractivity contribution < 1.29 is 19.5 Å². The van der Waals surface area contributed by atoms with Gasteiger partial charge in [0.2, 0.25) is 0 Å². The molecule has 0 spiro atoms. The first-order chi connectivity index (χ1) is 22.4. The van der Waals surface area contributed by atoms with Gasteiger partial charge in [0, 0.05) is 30.0 Å². The molecule has 9 atom stereocenters. The summed E-state index contributed by atoms with van der Waals surface area (Å²) in [6.07, 6.45) is 18.0. The minimum absolute atomic E-state index is 0.0241. The smallest absolute Gasteiger partial charge is 0.260 e. The fourth-order valence-corrected chi connectivity index (χ4v) is 11.0. The van der Waals surface area contributed by atoms with E-state index < -0.39 is 5.60 Å². The van der Waals surface area contributed by atoms with E-state index in [2.05, 4.69) is 74.2 Å². The highest BCUT2D eigenvalue weighted by molar-refractivity contribution is 5.96. The Morgan fingerprint density at radius 3 is 2.57 bits per heavy atom. The maximum Gasteiger partial charge on any atom is 0.260 e. The summed E-state index contributed by atoms with van der Waals surface area (Å²) in [6, 6.07) is 8.95. The van der Waals surface area contributed by atoms with Crippen LogP contribution < -0.4 is 10.1 Å². The Kier molecular flexibility index (Phi) is 9.35. The molecule has 4 aliphatic carbocycles. The quantitative estimate of drug-likeness (QED) is 0.250. The van der Waals surface area contributed by atoms with Gasteiger partial charge in [0.15, 0.2) is 6.61 Å². The largest absolute Gasteiger partial charge is 0.497 e. The van der Waals surface area contributed by atoms with Gasteiger partial charge >= 0.3 is 0 Å². The highest BCUT2D eigenvalue weighted by atomic mass is 16.6. The fraction of sp³-hybridized carbons (Fsp3) is 0.700. The third kappa shape index (κ3) is 5.82. The Morgan fingerprint density at radius 1 is 1.11 bits per heavy atom. The first-order valence-corrected chi connectivity index (χ1v) is 18.1. The number of methoxy groups -OCH3 is 1. The molecule has 6 rings (SSSR count). The van der Waals surface area contributed by atoms with Crippen LogP contribution in [0.1, 0.15) is 97.5 Å². The van der Waals surface area contributed by atoms with E-state index in [0.717, 1.165) is 82.2 Å². The van der Waals surface area contributed by atoms with Crippen molar-refractivity contribution in [2.45, 2.75) is 109 Å². The lowest BCUT2D eigenvalue weighted by Gasteiger charge is -2.58. The van der Waals surface area contributed by atoms with E-state index in [9.17, 15) is 9.90 Å². The van der Waals surface area contributed by atoms with Gasteiger partial charge in [0.05, 0.1) is 12.8 Å². The van der Waals surface area contributed by atoms with Crippen LogP contribution in [0.25, 0.3) is 0 Å². The molecule has 1 heterocycles. The standard InChI is InChI=1S/C40H57N3O4/c1-8-40(45)20-17-35-33-14-11-30-23-31(15-18-37(30,4)34(33)16-19-38(35,40)5)42-47-26-36(44)41-22-21-39(24-28(3)43(6)25-27(39)2)29-9-12-32(46-7)13-10-29/h1,9-10,12-13,23,27-28,33-35,45H,11,14-22,24-26H2,2-7H3,(H,41,44)/t27-,28-,33-,34+,35-,37-,38-,39-,40+/m1/s1. The molecule has 1 aliphatic heterocycles. The molecule has 4 fully saturated rings. The number of rotatable bonds is 8. The molecule has 256 valence electrons. The van der Waals surface area contributed by atoms with Crippen molar-refractivity contribution in [3.05, 3.63) is 41.5 Å². The summed E-state index contributed by atoms with van der Waals surface area (Å²) in [5, 5.41) is 18.9. The van der Waals surface area contributed by atoms with Crippen LogP contribution >= 0.6 is 0 Å². The van der Waals surface area contributed by atoms with Crippen molar-refractivity contribution in [3.8, 4) is 18.1 Å². The summed E-state index contributed by atoms with van der Waals surface area (Å²) in [5.74, 6) is 5.70. The number of carbonyl (C=O) groups excluding carboxylic acids is 1. The summed E-state index contributed by atoms with van der Waals surface area (Å²) in [5.41, 5.74) is 2.74. The SMILES string of the molecule is C#C[C@]1(O)CC[C@@H]2[C@@H]3CCC4=CC(=NOCC(=O)NCC[C@@]5(c6ccc(OC)cc6)C[C@@H](C)N(C)C[C@H]5C)CC[C@@]4(C)[C@H]3CC[C@]21C. The second-order valence-corrected chi connectivity index (χ2v) is 16.2. The third-order valence-corrected chi connectivity index (χ3v) is 14.2. The van der Waals surface area contributed by atoms with Crippen molar-refractivity contribution in [1.29, 1.82) is 0 Å². The van der Waals surface area contributed by atoms with Gasteiger partial charge in [-0.1, -0.05) is 49.6 Å². The molecule has 47 heavy (non-hydrogen) atoms. The second-order valence-electron chi connectivity index (χ2n) is 16.2. The number of likely N-dealkylation sites (tertiary alicyclic amines) is 1. The minimum Gasteiger partial charge on any atom is -0.497 e. The van der Waals surface area contributed by atoms with E-state index in [-0.39, 0.29) is 28.8 Å². The number of allylic oxidation sites excluding steroid dienone is 2. The van der Waals surface area contributed by atoms with Crippen molar-refractivity contribution in [1.82, 2.24) is 10.2 Å². The molecule has 7 nitrogen and oxygen atoms in total. The van der Waals surface area contributed by atoms with E-state index in [4.69, 9.17) is 16.0 Å². The number of aliphatic hydroxyl groups is 1. The molecule has 1 aromatic carbocycles. The molecule has 1 amide bonds. The Bertz CT molecular complexity index is 1430. The average molecular weight is 644 g/mol. The zero-order valence-electron chi connectivity index (χ0n) is 29.6. The molecule has 3 saturated carbocycles. The first-order valence-electron chi connectivity index (χ1n) is 18.1. The Hall–Kier alpha value is -2.82. The summed E-state index contributed by atoms with van der Waals surface area (Å²) < 4.78 is 5.42. The predicted molar refractivity (Wildman–Crippen MR) is 187 cm³/mol. The Balaban J connectivity index is 1.04.